The van der Waals surface area contributed by atoms with E-state index in [4.69, 9.17) is 9.16 Å². The highest BCUT2D eigenvalue weighted by Gasteiger charge is 2.07. The van der Waals surface area contributed by atoms with Crippen LogP contribution in [0.15, 0.2) is 34.5 Å². The summed E-state index contributed by atoms with van der Waals surface area (Å²) in [4.78, 5) is 22.4. The molecule has 0 unspecified atom stereocenters. The van der Waals surface area contributed by atoms with Crippen molar-refractivity contribution in [1.82, 2.24) is 0 Å². The van der Waals surface area contributed by atoms with Gasteiger partial charge in [0.05, 0.1) is 0 Å². The van der Waals surface area contributed by atoms with Gasteiger partial charge in [0.1, 0.15) is 5.75 Å². The Morgan fingerprint density at radius 2 is 1.89 bits per heavy atom. The van der Waals surface area contributed by atoms with Gasteiger partial charge in [0.15, 0.2) is 0 Å². The van der Waals surface area contributed by atoms with Crippen molar-refractivity contribution < 1.29 is 18.8 Å². The molecule has 7 heteroatoms. The number of para-hydroxylation sites is 1. The summed E-state index contributed by atoms with van der Waals surface area (Å²) in [6, 6.07) is 7.74. The first-order valence-electron chi connectivity index (χ1n) is 5.76. The van der Waals surface area contributed by atoms with Gasteiger partial charge in [-0.05, 0) is 24.6 Å². The molecule has 0 spiro atoms. The molecule has 2 amide bonds. The molecule has 0 saturated heterocycles. The Bertz CT molecular complexity index is 477. The molecule has 0 heterocycles. The average Bonchev–Trinajstić information content (AvgIpc) is 2.39. The zero-order valence-corrected chi connectivity index (χ0v) is 11.8. The molecule has 0 N–H and O–H groups in total. The van der Waals surface area contributed by atoms with Crippen LogP contribution in [0.2, 0.25) is 6.04 Å². The number of hydrogen-bond donors (Lipinski definition) is 0. The first-order chi connectivity index (χ1) is 9.13. The van der Waals surface area contributed by atoms with Crippen LogP contribution in [-0.4, -0.2) is 21.9 Å². The van der Waals surface area contributed by atoms with Gasteiger partial charge < -0.3 is 9.16 Å². The molecule has 0 aliphatic carbocycles. The number of nitrogens with zero attached hydrogens (tertiary/aromatic N) is 2. The summed E-state index contributed by atoms with van der Waals surface area (Å²) in [6.45, 7) is 3.77. The van der Waals surface area contributed by atoms with E-state index >= 15 is 0 Å². The number of amides is 2. The van der Waals surface area contributed by atoms with Crippen molar-refractivity contribution in [2.75, 3.05) is 0 Å². The fourth-order valence-corrected chi connectivity index (χ4v) is 1.57. The van der Waals surface area contributed by atoms with E-state index in [1.165, 1.54) is 0 Å². The van der Waals surface area contributed by atoms with Gasteiger partial charge in [-0.3, -0.25) is 0 Å². The normalized spacial score (nSPS) is 10.4. The van der Waals surface area contributed by atoms with Crippen LogP contribution >= 0.6 is 0 Å². The van der Waals surface area contributed by atoms with Crippen molar-refractivity contribution in [1.29, 1.82) is 0 Å². The highest BCUT2D eigenvalue weighted by Crippen LogP contribution is 2.16. The first kappa shape index (κ1) is 15.0. The first-order valence-corrected chi connectivity index (χ1v) is 6.88. The number of benzene rings is 1. The van der Waals surface area contributed by atoms with Crippen molar-refractivity contribution in [2.24, 2.45) is 10.2 Å². The van der Waals surface area contributed by atoms with E-state index < -0.39 is 12.2 Å². The predicted molar refractivity (Wildman–Crippen MR) is 69.4 cm³/mol. The van der Waals surface area contributed by atoms with Crippen LogP contribution in [-0.2, 0) is 4.43 Å². The van der Waals surface area contributed by atoms with Crippen molar-refractivity contribution in [3.8, 4) is 5.75 Å². The van der Waals surface area contributed by atoms with Crippen molar-refractivity contribution >= 4 is 21.9 Å². The second-order valence-electron chi connectivity index (χ2n) is 3.60. The van der Waals surface area contributed by atoms with E-state index in [2.05, 4.69) is 10.2 Å². The maximum absolute atomic E-state index is 11.3. The molecule has 1 aromatic carbocycles. The zero-order chi connectivity index (χ0) is 14.1. The van der Waals surface area contributed by atoms with Crippen molar-refractivity contribution in [3.05, 3.63) is 29.8 Å². The van der Waals surface area contributed by atoms with E-state index in [0.717, 1.165) is 18.0 Å². The Balaban J connectivity index is 2.43. The summed E-state index contributed by atoms with van der Waals surface area (Å²) in [5, 5.41) is 6.25. The minimum Gasteiger partial charge on any atom is -0.498 e. The highest BCUT2D eigenvalue weighted by atomic mass is 28.2. The standard InChI is InChI=1S/C12H14N2O4Si/c1-3-8-19-18-12(16)14-13-11(15)17-10-7-5-4-6-9(10)2/h4-7H,3,8H2,1-2H3. The molecule has 100 valence electrons. The van der Waals surface area contributed by atoms with Crippen LogP contribution in [0.1, 0.15) is 18.9 Å². The molecule has 1 rings (SSSR count). The van der Waals surface area contributed by atoms with Crippen LogP contribution < -0.4 is 4.74 Å². The summed E-state index contributed by atoms with van der Waals surface area (Å²) >= 11 is 0. The predicted octanol–water partition coefficient (Wildman–Crippen LogP) is 3.53. The van der Waals surface area contributed by atoms with Gasteiger partial charge in [0.25, 0.3) is 0 Å². The number of aryl methyl sites for hydroxylation is 1. The number of rotatable bonds is 4. The second-order valence-corrected chi connectivity index (χ2v) is 4.59. The molecule has 0 atom stereocenters. The van der Waals surface area contributed by atoms with Gasteiger partial charge in [0.2, 0.25) is 0 Å². The summed E-state index contributed by atoms with van der Waals surface area (Å²) in [7, 11) is 0.0321. The molecule has 0 bridgehead atoms. The van der Waals surface area contributed by atoms with Crippen molar-refractivity contribution in [2.45, 2.75) is 26.3 Å². The van der Waals surface area contributed by atoms with Gasteiger partial charge in [-0.2, -0.15) is 0 Å². The Morgan fingerprint density at radius 1 is 1.21 bits per heavy atom. The second kappa shape index (κ2) is 8.14. The quantitative estimate of drug-likeness (QED) is 0.479. The van der Waals surface area contributed by atoms with E-state index in [0.29, 0.717) is 5.75 Å². The Morgan fingerprint density at radius 3 is 2.58 bits per heavy atom. The summed E-state index contributed by atoms with van der Waals surface area (Å²) in [6.07, 6.45) is -0.920. The van der Waals surface area contributed by atoms with E-state index in [-0.39, 0.29) is 9.76 Å². The van der Waals surface area contributed by atoms with Crippen LogP contribution in [0.4, 0.5) is 9.59 Å². The lowest BCUT2D eigenvalue weighted by molar-refractivity contribution is 0.201. The van der Waals surface area contributed by atoms with Gasteiger partial charge in [-0.1, -0.05) is 41.8 Å². The van der Waals surface area contributed by atoms with Crippen LogP contribution in [0.3, 0.4) is 0 Å². The maximum Gasteiger partial charge on any atom is 0.458 e. The molecular formula is C12H14N2O4Si. The minimum absolute atomic E-state index is 0.0321. The lowest BCUT2D eigenvalue weighted by Gasteiger charge is -2.02. The number of azo groups is 1. The fourth-order valence-electron chi connectivity index (χ4n) is 1.10. The molecule has 2 radical (unpaired) electrons. The summed E-state index contributed by atoms with van der Waals surface area (Å²) < 4.78 is 9.64. The number of ether oxygens (including phenoxy) is 1. The Kier molecular flexibility index (Phi) is 6.45. The highest BCUT2D eigenvalue weighted by molar-refractivity contribution is 6.30. The van der Waals surface area contributed by atoms with E-state index in [9.17, 15) is 9.59 Å². The molecule has 0 aliphatic heterocycles. The van der Waals surface area contributed by atoms with Crippen LogP contribution in [0.25, 0.3) is 0 Å². The third kappa shape index (κ3) is 5.91. The zero-order valence-electron chi connectivity index (χ0n) is 10.8. The molecule has 6 nitrogen and oxygen atoms in total. The number of carbonyl (C=O) groups excluding carboxylic acids is 2. The number of carbonyl (C=O) groups is 2. The topological polar surface area (TPSA) is 77.3 Å². The largest absolute Gasteiger partial charge is 0.498 e. The van der Waals surface area contributed by atoms with Gasteiger partial charge in [-0.25, -0.2) is 9.59 Å². The Labute approximate surface area is 113 Å². The third-order valence-electron chi connectivity index (χ3n) is 2.02. The summed E-state index contributed by atoms with van der Waals surface area (Å²) in [5.74, 6) is 0.382. The third-order valence-corrected chi connectivity index (χ3v) is 3.04. The van der Waals surface area contributed by atoms with Crippen LogP contribution in [0.5, 0.6) is 5.75 Å². The average molecular weight is 278 g/mol. The lowest BCUT2D eigenvalue weighted by atomic mass is 10.2. The monoisotopic (exact) mass is 278 g/mol. The van der Waals surface area contributed by atoms with Gasteiger partial charge in [0, 0.05) is 0 Å². The molecule has 1 aromatic rings. The lowest BCUT2D eigenvalue weighted by Crippen LogP contribution is -2.06. The van der Waals surface area contributed by atoms with Gasteiger partial charge >= 0.3 is 21.9 Å². The molecule has 0 saturated carbocycles. The SMILES string of the molecule is CCC[Si]OC(=O)N=NC(=O)Oc1ccccc1C. The Hall–Kier alpha value is -2.02. The molecule has 19 heavy (non-hydrogen) atoms. The molecule has 0 aromatic heterocycles. The van der Waals surface area contributed by atoms with Crippen LogP contribution in [0, 0.1) is 6.92 Å². The fraction of sp³-hybridized carbons (Fsp3) is 0.333. The maximum atomic E-state index is 11.3. The minimum atomic E-state index is -0.954. The van der Waals surface area contributed by atoms with E-state index in [1.54, 1.807) is 25.1 Å². The smallest absolute Gasteiger partial charge is 0.458 e. The number of hydrogen-bond acceptors (Lipinski definition) is 4. The summed E-state index contributed by atoms with van der Waals surface area (Å²) in [5.41, 5.74) is 0.790. The van der Waals surface area contributed by atoms with Crippen molar-refractivity contribution in [3.63, 3.8) is 0 Å². The molecular weight excluding hydrogens is 264 g/mol. The molecule has 0 aliphatic rings. The van der Waals surface area contributed by atoms with E-state index in [1.807, 2.05) is 13.0 Å². The van der Waals surface area contributed by atoms with Gasteiger partial charge in [-0.15, -0.1) is 0 Å². The molecule has 0 fully saturated rings.